The zero-order valence-corrected chi connectivity index (χ0v) is 19.8. The van der Waals surface area contributed by atoms with Crippen LogP contribution in [0.5, 0.6) is 0 Å². The molecule has 0 spiro atoms. The summed E-state index contributed by atoms with van der Waals surface area (Å²) in [5.41, 5.74) is 2.87. The van der Waals surface area contributed by atoms with Crippen molar-refractivity contribution in [2.45, 2.75) is 13.5 Å². The quantitative estimate of drug-likeness (QED) is 0.438. The van der Waals surface area contributed by atoms with Crippen LogP contribution in [0, 0.1) is 5.82 Å². The fourth-order valence-corrected chi connectivity index (χ4v) is 4.44. The summed E-state index contributed by atoms with van der Waals surface area (Å²) in [6, 6.07) is 17.9. The lowest BCUT2D eigenvalue weighted by molar-refractivity contribution is 0.102. The third kappa shape index (κ3) is 5.18. The lowest BCUT2D eigenvalue weighted by atomic mass is 10.1. The Morgan fingerprint density at radius 3 is 2.37 bits per heavy atom. The summed E-state index contributed by atoms with van der Waals surface area (Å²) in [4.78, 5) is 18.2. The van der Waals surface area contributed by atoms with Gasteiger partial charge in [0, 0.05) is 50.8 Å². The molecule has 2 aromatic carbocycles. The first-order valence-electron chi connectivity index (χ1n) is 11.9. The Kier molecular flexibility index (Phi) is 6.74. The summed E-state index contributed by atoms with van der Waals surface area (Å²) in [5, 5.41) is 7.38. The number of likely N-dealkylation sites (N-methyl/N-ethyl adjacent to an activating group) is 1. The van der Waals surface area contributed by atoms with E-state index < -0.39 is 0 Å². The van der Waals surface area contributed by atoms with Crippen LogP contribution in [-0.2, 0) is 6.54 Å². The van der Waals surface area contributed by atoms with Crippen molar-refractivity contribution in [2.75, 3.05) is 38.0 Å². The van der Waals surface area contributed by atoms with Crippen LogP contribution in [0.3, 0.4) is 0 Å². The Morgan fingerprint density at radius 1 is 0.971 bits per heavy atom. The van der Waals surface area contributed by atoms with Crippen LogP contribution >= 0.6 is 0 Å². The van der Waals surface area contributed by atoms with Gasteiger partial charge >= 0.3 is 0 Å². The molecule has 1 aliphatic rings. The van der Waals surface area contributed by atoms with Gasteiger partial charge in [-0.2, -0.15) is 5.10 Å². The van der Waals surface area contributed by atoms with Crippen LogP contribution in [0.1, 0.15) is 22.8 Å². The van der Waals surface area contributed by atoms with Gasteiger partial charge in [-0.05, 0) is 54.6 Å². The highest BCUT2D eigenvalue weighted by Crippen LogP contribution is 2.22. The van der Waals surface area contributed by atoms with Crippen molar-refractivity contribution in [2.24, 2.45) is 0 Å². The van der Waals surface area contributed by atoms with E-state index in [1.807, 2.05) is 36.7 Å². The molecule has 0 aliphatic carbocycles. The Hall–Kier alpha value is -3.75. The number of hydrogen-bond acceptors (Lipinski definition) is 4. The molecule has 4 aromatic rings. The van der Waals surface area contributed by atoms with Gasteiger partial charge in [-0.25, -0.2) is 9.07 Å². The maximum atomic E-state index is 13.9. The Bertz CT molecular complexity index is 1270. The van der Waals surface area contributed by atoms with Crippen molar-refractivity contribution >= 4 is 11.6 Å². The van der Waals surface area contributed by atoms with E-state index in [2.05, 4.69) is 39.3 Å². The number of rotatable bonds is 7. The van der Waals surface area contributed by atoms with E-state index in [4.69, 9.17) is 0 Å². The number of amides is 1. The summed E-state index contributed by atoms with van der Waals surface area (Å²) >= 11 is 0. The molecule has 5 rings (SSSR count). The van der Waals surface area contributed by atoms with Crippen molar-refractivity contribution in [3.63, 3.8) is 0 Å². The van der Waals surface area contributed by atoms with E-state index in [1.165, 1.54) is 23.9 Å². The van der Waals surface area contributed by atoms with E-state index in [1.54, 1.807) is 21.4 Å². The maximum Gasteiger partial charge on any atom is 0.261 e. The minimum absolute atomic E-state index is 0.278. The first kappa shape index (κ1) is 23.0. The Morgan fingerprint density at radius 2 is 1.69 bits per heavy atom. The molecular formula is C27H29FN6O. The molecule has 0 radical (unpaired) electrons. The average Bonchev–Trinajstić information content (AvgIpc) is 3.56. The number of carbonyl (C=O) groups is 1. The van der Waals surface area contributed by atoms with E-state index in [-0.39, 0.29) is 11.7 Å². The van der Waals surface area contributed by atoms with Gasteiger partial charge in [0.25, 0.3) is 5.91 Å². The summed E-state index contributed by atoms with van der Waals surface area (Å²) < 4.78 is 17.2. The summed E-state index contributed by atoms with van der Waals surface area (Å²) in [6.07, 6.45) is 5.18. The van der Waals surface area contributed by atoms with Gasteiger partial charge in [0.05, 0.1) is 11.9 Å². The highest BCUT2D eigenvalue weighted by atomic mass is 19.1. The molecule has 0 atom stereocenters. The van der Waals surface area contributed by atoms with Crippen molar-refractivity contribution in [1.29, 1.82) is 0 Å². The minimum Gasteiger partial charge on any atom is -0.322 e. The van der Waals surface area contributed by atoms with Crippen LogP contribution in [0.15, 0.2) is 79.3 Å². The number of carbonyl (C=O) groups excluding carboxylic acids is 1. The predicted molar refractivity (Wildman–Crippen MR) is 135 cm³/mol. The zero-order valence-electron chi connectivity index (χ0n) is 19.8. The van der Waals surface area contributed by atoms with Crippen molar-refractivity contribution in [1.82, 2.24) is 24.1 Å². The SMILES string of the molecule is CCN1CCN(Cc2ccc(NC(=O)c3cnn(-c4cccc(F)c4)c3-n3cccc3)cc2)CC1. The lowest BCUT2D eigenvalue weighted by Crippen LogP contribution is -2.45. The number of anilines is 1. The normalized spacial score (nSPS) is 14.8. The van der Waals surface area contributed by atoms with Gasteiger partial charge in [-0.3, -0.25) is 9.69 Å². The number of nitrogens with zero attached hydrogens (tertiary/aromatic N) is 5. The second kappa shape index (κ2) is 10.2. The molecule has 8 heteroatoms. The van der Waals surface area contributed by atoms with Gasteiger partial charge in [-0.1, -0.05) is 25.1 Å². The number of nitrogens with one attached hydrogen (secondary N) is 1. The topological polar surface area (TPSA) is 58.3 Å². The van der Waals surface area contributed by atoms with Crippen molar-refractivity contribution < 1.29 is 9.18 Å². The molecule has 1 saturated heterocycles. The summed E-state index contributed by atoms with van der Waals surface area (Å²) in [7, 11) is 0. The molecular weight excluding hydrogens is 443 g/mol. The minimum atomic E-state index is -0.366. The largest absolute Gasteiger partial charge is 0.322 e. The van der Waals surface area contributed by atoms with E-state index in [0.29, 0.717) is 22.8 Å². The smallest absolute Gasteiger partial charge is 0.261 e. The molecule has 1 fully saturated rings. The summed E-state index contributed by atoms with van der Waals surface area (Å²) in [6.45, 7) is 8.58. The first-order chi connectivity index (χ1) is 17.1. The second-order valence-electron chi connectivity index (χ2n) is 8.73. The van der Waals surface area contributed by atoms with Crippen molar-refractivity contribution in [3.8, 4) is 11.5 Å². The Labute approximate surface area is 204 Å². The number of hydrogen-bond donors (Lipinski definition) is 1. The van der Waals surface area contributed by atoms with Gasteiger partial charge in [-0.15, -0.1) is 0 Å². The summed E-state index contributed by atoms with van der Waals surface area (Å²) in [5.74, 6) is -0.101. The third-order valence-electron chi connectivity index (χ3n) is 6.42. The molecule has 3 heterocycles. The zero-order chi connectivity index (χ0) is 24.2. The molecule has 1 aliphatic heterocycles. The van der Waals surface area contributed by atoms with Crippen molar-refractivity contribution in [3.05, 3.63) is 96.2 Å². The molecule has 7 nitrogen and oxygen atoms in total. The van der Waals surface area contributed by atoms with E-state index in [0.717, 1.165) is 39.3 Å². The monoisotopic (exact) mass is 472 g/mol. The maximum absolute atomic E-state index is 13.9. The average molecular weight is 473 g/mol. The standard InChI is InChI=1S/C27H29FN6O/c1-2-31-14-16-32(17-15-31)20-21-8-10-23(11-9-21)30-26(35)25-19-29-34(24-7-5-6-22(28)18-24)27(25)33-12-3-4-13-33/h3-13,18-19H,2,14-17,20H2,1H3,(H,30,35). The predicted octanol–water partition coefficient (Wildman–Crippen LogP) is 4.19. The van der Waals surface area contributed by atoms with Crippen LogP contribution in [-0.4, -0.2) is 62.8 Å². The number of halogens is 1. The molecule has 0 bridgehead atoms. The fourth-order valence-electron chi connectivity index (χ4n) is 4.44. The van der Waals surface area contributed by atoms with Gasteiger partial charge < -0.3 is 14.8 Å². The van der Waals surface area contributed by atoms with Crippen LogP contribution in [0.25, 0.3) is 11.5 Å². The van der Waals surface area contributed by atoms with E-state index >= 15 is 0 Å². The third-order valence-corrected chi connectivity index (χ3v) is 6.42. The number of aromatic nitrogens is 3. The lowest BCUT2D eigenvalue weighted by Gasteiger charge is -2.34. The van der Waals surface area contributed by atoms with Crippen LogP contribution < -0.4 is 5.32 Å². The highest BCUT2D eigenvalue weighted by Gasteiger charge is 2.21. The van der Waals surface area contributed by atoms with Gasteiger partial charge in [0.2, 0.25) is 0 Å². The van der Waals surface area contributed by atoms with Gasteiger partial charge in [0.1, 0.15) is 11.4 Å². The number of piperazine rings is 1. The molecule has 35 heavy (non-hydrogen) atoms. The molecule has 2 aromatic heterocycles. The fraction of sp³-hybridized carbons (Fsp3) is 0.259. The molecule has 180 valence electrons. The highest BCUT2D eigenvalue weighted by molar-refractivity contribution is 6.06. The first-order valence-corrected chi connectivity index (χ1v) is 11.9. The molecule has 1 N–H and O–H groups in total. The molecule has 1 amide bonds. The van der Waals surface area contributed by atoms with Crippen LogP contribution in [0.4, 0.5) is 10.1 Å². The molecule has 0 saturated carbocycles. The van der Waals surface area contributed by atoms with Crippen LogP contribution in [0.2, 0.25) is 0 Å². The number of benzene rings is 2. The molecule has 0 unspecified atom stereocenters. The second-order valence-corrected chi connectivity index (χ2v) is 8.73. The van der Waals surface area contributed by atoms with E-state index in [9.17, 15) is 9.18 Å². The Balaban J connectivity index is 1.32. The van der Waals surface area contributed by atoms with Gasteiger partial charge in [0.15, 0.2) is 5.82 Å².